The van der Waals surface area contributed by atoms with Crippen LogP contribution in [0, 0.1) is 0 Å². The molecule has 2 unspecified atom stereocenters. The molecule has 2 heterocycles. The average molecular weight is 353 g/mol. The van der Waals surface area contributed by atoms with Crippen LogP contribution in [-0.4, -0.2) is 74.0 Å². The maximum absolute atomic E-state index is 12.8. The molecule has 132 valence electrons. The van der Waals surface area contributed by atoms with E-state index in [0.29, 0.717) is 5.56 Å². The van der Waals surface area contributed by atoms with Gasteiger partial charge in [0.25, 0.3) is 5.91 Å². The minimum atomic E-state index is -3.64. The van der Waals surface area contributed by atoms with Crippen LogP contribution >= 0.6 is 0 Å². The lowest BCUT2D eigenvalue weighted by atomic mass is 10.1. The number of aliphatic hydroxyl groups excluding tert-OH is 1. The van der Waals surface area contributed by atoms with Crippen LogP contribution in [0.2, 0.25) is 0 Å². The van der Waals surface area contributed by atoms with Crippen molar-refractivity contribution in [3.05, 3.63) is 29.8 Å². The van der Waals surface area contributed by atoms with Gasteiger partial charge < -0.3 is 15.3 Å². The highest BCUT2D eigenvalue weighted by Crippen LogP contribution is 2.28. The zero-order chi connectivity index (χ0) is 17.3. The van der Waals surface area contributed by atoms with Gasteiger partial charge in [-0.3, -0.25) is 4.79 Å². The summed E-state index contributed by atoms with van der Waals surface area (Å²) in [6.07, 6.45) is 2.03. The monoisotopic (exact) mass is 353 g/mol. The Labute approximate surface area is 142 Å². The van der Waals surface area contributed by atoms with Crippen LogP contribution in [0.25, 0.3) is 0 Å². The molecule has 2 saturated heterocycles. The smallest absolute Gasteiger partial charge is 0.254 e. The van der Waals surface area contributed by atoms with Gasteiger partial charge in [0, 0.05) is 44.3 Å². The summed E-state index contributed by atoms with van der Waals surface area (Å²) in [6, 6.07) is 6.53. The Kier molecular flexibility index (Phi) is 4.91. The first-order valence-corrected chi connectivity index (χ1v) is 9.60. The lowest BCUT2D eigenvalue weighted by molar-refractivity contribution is 0.0619. The number of rotatable bonds is 5. The summed E-state index contributed by atoms with van der Waals surface area (Å²) in [7, 11) is -2.22. The predicted molar refractivity (Wildman–Crippen MR) is 89.2 cm³/mol. The molecule has 8 heteroatoms. The van der Waals surface area contributed by atoms with Gasteiger partial charge in [-0.1, -0.05) is 0 Å². The fraction of sp³-hybridized carbons (Fsp3) is 0.562. The second-order valence-electron chi connectivity index (χ2n) is 6.33. The number of hydrogen-bond donors (Lipinski definition) is 2. The second kappa shape index (κ2) is 6.79. The van der Waals surface area contributed by atoms with Gasteiger partial charge in [0.2, 0.25) is 10.0 Å². The molecule has 1 aromatic rings. The molecule has 24 heavy (non-hydrogen) atoms. The number of benzene rings is 1. The van der Waals surface area contributed by atoms with E-state index in [4.69, 9.17) is 5.11 Å². The Morgan fingerprint density at radius 3 is 2.38 bits per heavy atom. The molecule has 0 aromatic heterocycles. The molecular formula is C16H23N3O4S. The number of sulfonamides is 1. The van der Waals surface area contributed by atoms with Gasteiger partial charge in [-0.2, -0.15) is 4.31 Å². The van der Waals surface area contributed by atoms with Crippen LogP contribution in [0.3, 0.4) is 0 Å². The van der Waals surface area contributed by atoms with Crippen molar-refractivity contribution >= 4 is 15.9 Å². The highest BCUT2D eigenvalue weighted by atomic mass is 32.2. The number of carbonyl (C=O) groups excluding carboxylic acids is 1. The van der Waals surface area contributed by atoms with E-state index in [2.05, 4.69) is 5.32 Å². The predicted octanol–water partition coefficient (Wildman–Crippen LogP) is -0.124. The standard InChI is InChI=1S/C16H23N3O4S/c1-18(8-9-20)24(22,23)15-6-2-12(3-7-15)16(21)19-13-4-5-14(19)11-17-10-13/h2-3,6-7,13-14,17,20H,4-5,8-11H2,1H3. The number of hydrogen-bond acceptors (Lipinski definition) is 5. The first kappa shape index (κ1) is 17.3. The molecule has 3 rings (SSSR count). The molecule has 1 aromatic carbocycles. The van der Waals surface area contributed by atoms with Crippen molar-refractivity contribution in [2.45, 2.75) is 29.8 Å². The largest absolute Gasteiger partial charge is 0.395 e. The van der Waals surface area contributed by atoms with Gasteiger partial charge in [0.1, 0.15) is 0 Å². The number of fused-ring (bicyclic) bond motifs is 2. The molecular weight excluding hydrogens is 330 g/mol. The molecule has 2 atom stereocenters. The zero-order valence-electron chi connectivity index (χ0n) is 13.7. The highest BCUT2D eigenvalue weighted by molar-refractivity contribution is 7.89. The topological polar surface area (TPSA) is 90.0 Å². The number of nitrogens with zero attached hydrogens (tertiary/aromatic N) is 2. The molecule has 0 aliphatic carbocycles. The van der Waals surface area contributed by atoms with Crippen molar-refractivity contribution in [3.8, 4) is 0 Å². The van der Waals surface area contributed by atoms with Gasteiger partial charge in [-0.25, -0.2) is 8.42 Å². The number of carbonyl (C=O) groups is 1. The van der Waals surface area contributed by atoms with E-state index in [1.54, 1.807) is 12.1 Å². The molecule has 2 aliphatic rings. The lowest BCUT2D eigenvalue weighted by Crippen LogP contribution is -2.54. The van der Waals surface area contributed by atoms with Crippen LogP contribution < -0.4 is 5.32 Å². The number of piperazine rings is 1. The zero-order valence-corrected chi connectivity index (χ0v) is 14.5. The summed E-state index contributed by atoms with van der Waals surface area (Å²) in [5, 5.41) is 12.2. The van der Waals surface area contributed by atoms with E-state index in [9.17, 15) is 13.2 Å². The summed E-state index contributed by atoms with van der Waals surface area (Å²) in [5.41, 5.74) is 0.512. The molecule has 2 N–H and O–H groups in total. The van der Waals surface area contributed by atoms with Crippen molar-refractivity contribution < 1.29 is 18.3 Å². The summed E-state index contributed by atoms with van der Waals surface area (Å²) in [4.78, 5) is 14.8. The molecule has 0 saturated carbocycles. The Bertz CT molecular complexity index is 689. The quantitative estimate of drug-likeness (QED) is 0.770. The fourth-order valence-electron chi connectivity index (χ4n) is 3.47. The van der Waals surface area contributed by atoms with Crippen molar-refractivity contribution in [1.29, 1.82) is 0 Å². The Hall–Kier alpha value is -1.48. The molecule has 2 bridgehead atoms. The third-order valence-electron chi connectivity index (χ3n) is 4.84. The third kappa shape index (κ3) is 3.06. The van der Waals surface area contributed by atoms with Crippen molar-refractivity contribution in [3.63, 3.8) is 0 Å². The summed E-state index contributed by atoms with van der Waals surface area (Å²) in [5.74, 6) is -0.0309. The minimum absolute atomic E-state index is 0.0309. The normalized spacial score (nSPS) is 23.7. The van der Waals surface area contributed by atoms with Crippen LogP contribution in [0.1, 0.15) is 23.2 Å². The summed E-state index contributed by atoms with van der Waals surface area (Å²) >= 11 is 0. The van der Waals surface area contributed by atoms with Crippen LogP contribution in [0.5, 0.6) is 0 Å². The van der Waals surface area contributed by atoms with Gasteiger partial charge in [-0.05, 0) is 37.1 Å². The van der Waals surface area contributed by atoms with Crippen molar-refractivity contribution in [1.82, 2.24) is 14.5 Å². The second-order valence-corrected chi connectivity index (χ2v) is 8.38. The maximum atomic E-state index is 12.8. The van der Waals surface area contributed by atoms with Gasteiger partial charge in [0.05, 0.1) is 11.5 Å². The van der Waals surface area contributed by atoms with Crippen LogP contribution in [-0.2, 0) is 10.0 Å². The Morgan fingerprint density at radius 1 is 1.25 bits per heavy atom. The van der Waals surface area contributed by atoms with E-state index in [1.165, 1.54) is 19.2 Å². The van der Waals surface area contributed by atoms with Gasteiger partial charge in [0.15, 0.2) is 0 Å². The van der Waals surface area contributed by atoms with E-state index in [1.807, 2.05) is 4.90 Å². The van der Waals surface area contributed by atoms with Crippen LogP contribution in [0.4, 0.5) is 0 Å². The van der Waals surface area contributed by atoms with Crippen molar-refractivity contribution in [2.24, 2.45) is 0 Å². The lowest BCUT2D eigenvalue weighted by Gasteiger charge is -2.35. The van der Waals surface area contributed by atoms with Gasteiger partial charge in [-0.15, -0.1) is 0 Å². The first-order chi connectivity index (χ1) is 11.4. The molecule has 7 nitrogen and oxygen atoms in total. The SMILES string of the molecule is CN(CCO)S(=O)(=O)c1ccc(C(=O)N2C3CCC2CNC3)cc1. The molecule has 0 radical (unpaired) electrons. The number of aliphatic hydroxyl groups is 1. The molecule has 2 aliphatic heterocycles. The van der Waals surface area contributed by atoms with E-state index in [0.717, 1.165) is 30.2 Å². The highest BCUT2D eigenvalue weighted by Gasteiger charge is 2.39. The number of likely N-dealkylation sites (N-methyl/N-ethyl adjacent to an activating group) is 1. The van der Waals surface area contributed by atoms with E-state index < -0.39 is 10.0 Å². The Morgan fingerprint density at radius 2 is 1.83 bits per heavy atom. The number of amides is 1. The van der Waals surface area contributed by atoms with Gasteiger partial charge >= 0.3 is 0 Å². The Balaban J connectivity index is 1.78. The maximum Gasteiger partial charge on any atom is 0.254 e. The molecule has 0 spiro atoms. The summed E-state index contributed by atoms with van der Waals surface area (Å²) < 4.78 is 25.8. The molecule has 1 amide bonds. The van der Waals surface area contributed by atoms with Crippen LogP contribution in [0.15, 0.2) is 29.2 Å². The van der Waals surface area contributed by atoms with E-state index >= 15 is 0 Å². The fourth-order valence-corrected chi connectivity index (χ4v) is 4.63. The first-order valence-electron chi connectivity index (χ1n) is 8.16. The third-order valence-corrected chi connectivity index (χ3v) is 6.71. The minimum Gasteiger partial charge on any atom is -0.395 e. The summed E-state index contributed by atoms with van der Waals surface area (Å²) in [6.45, 7) is 1.44. The average Bonchev–Trinajstić information content (AvgIpc) is 2.83. The van der Waals surface area contributed by atoms with E-state index in [-0.39, 0.29) is 36.0 Å². The number of nitrogens with one attached hydrogen (secondary N) is 1. The molecule has 2 fully saturated rings. The van der Waals surface area contributed by atoms with Crippen molar-refractivity contribution in [2.75, 3.05) is 33.3 Å².